The summed E-state index contributed by atoms with van der Waals surface area (Å²) in [5.41, 5.74) is 1.65. The molecule has 0 spiro atoms. The van der Waals surface area contributed by atoms with Gasteiger partial charge in [-0.3, -0.25) is 4.79 Å². The summed E-state index contributed by atoms with van der Waals surface area (Å²) in [6, 6.07) is 7.20. The highest BCUT2D eigenvalue weighted by atomic mass is 79.9. The van der Waals surface area contributed by atoms with Gasteiger partial charge >= 0.3 is 0 Å². The topological polar surface area (TPSA) is 34.0 Å². The molecule has 1 amide bonds. The molecule has 3 aromatic rings. The number of carbonyl (C=O) groups excluding carboxylic acids is 1. The molecule has 0 aliphatic heterocycles. The lowest BCUT2D eigenvalue weighted by atomic mass is 10.2. The van der Waals surface area contributed by atoms with E-state index in [2.05, 4.69) is 21.2 Å². The summed E-state index contributed by atoms with van der Waals surface area (Å²) in [4.78, 5) is 12.6. The van der Waals surface area contributed by atoms with Gasteiger partial charge in [-0.05, 0) is 40.0 Å². The highest BCUT2D eigenvalue weighted by Crippen LogP contribution is 2.33. The van der Waals surface area contributed by atoms with Crippen LogP contribution in [0.1, 0.15) is 29.9 Å². The maximum Gasteiger partial charge on any atom is 0.267 e. The van der Waals surface area contributed by atoms with E-state index in [1.165, 1.54) is 23.5 Å². The summed E-state index contributed by atoms with van der Waals surface area (Å²) in [5, 5.41) is 2.89. The monoisotopic (exact) mass is 426 g/mol. The number of amides is 1. The fourth-order valence-corrected chi connectivity index (χ4v) is 4.14. The average molecular weight is 427 g/mol. The first kappa shape index (κ1) is 18.1. The van der Waals surface area contributed by atoms with Crippen LogP contribution >= 0.6 is 27.3 Å². The van der Waals surface area contributed by atoms with E-state index in [1.54, 1.807) is 4.57 Å². The second-order valence-electron chi connectivity index (χ2n) is 6.26. The molecule has 0 aliphatic rings. The molecular formula is C18H17BrF2N2OS. The average Bonchev–Trinajstić information content (AvgIpc) is 3.04. The Morgan fingerprint density at radius 1 is 1.28 bits per heavy atom. The Labute approximate surface area is 156 Å². The van der Waals surface area contributed by atoms with Crippen LogP contribution in [0.5, 0.6) is 0 Å². The van der Waals surface area contributed by atoms with E-state index < -0.39 is 11.6 Å². The van der Waals surface area contributed by atoms with Crippen molar-refractivity contribution < 1.29 is 13.6 Å². The lowest BCUT2D eigenvalue weighted by Crippen LogP contribution is -2.29. The van der Waals surface area contributed by atoms with Gasteiger partial charge in [0.15, 0.2) is 0 Å². The van der Waals surface area contributed by atoms with Crippen molar-refractivity contribution in [2.24, 2.45) is 5.92 Å². The fraction of sp³-hybridized carbons (Fsp3) is 0.278. The van der Waals surface area contributed by atoms with Crippen LogP contribution in [-0.4, -0.2) is 17.0 Å². The van der Waals surface area contributed by atoms with Crippen LogP contribution in [0, 0.1) is 17.6 Å². The molecule has 0 unspecified atom stereocenters. The van der Waals surface area contributed by atoms with Crippen LogP contribution in [-0.2, 0) is 6.54 Å². The van der Waals surface area contributed by atoms with Crippen LogP contribution in [0.15, 0.2) is 34.1 Å². The molecule has 0 fully saturated rings. The summed E-state index contributed by atoms with van der Waals surface area (Å²) in [6.07, 6.45) is 0. The smallest absolute Gasteiger partial charge is 0.267 e. The zero-order chi connectivity index (χ0) is 18.1. The SMILES string of the molecule is CC(C)CNC(=O)c1cc2sc(Br)cc2n1Cc1ccc(F)cc1F. The van der Waals surface area contributed by atoms with Gasteiger partial charge in [0.05, 0.1) is 20.5 Å². The molecule has 7 heteroatoms. The minimum absolute atomic E-state index is 0.156. The van der Waals surface area contributed by atoms with Crippen molar-refractivity contribution in [2.45, 2.75) is 20.4 Å². The molecule has 0 saturated heterocycles. The van der Waals surface area contributed by atoms with E-state index in [0.29, 0.717) is 23.7 Å². The third kappa shape index (κ3) is 3.93. The van der Waals surface area contributed by atoms with Gasteiger partial charge in [0.2, 0.25) is 0 Å². The molecule has 3 nitrogen and oxygen atoms in total. The highest BCUT2D eigenvalue weighted by Gasteiger charge is 2.19. The summed E-state index contributed by atoms with van der Waals surface area (Å²) >= 11 is 4.95. The van der Waals surface area contributed by atoms with Crippen LogP contribution in [0.2, 0.25) is 0 Å². The maximum atomic E-state index is 14.1. The van der Waals surface area contributed by atoms with Crippen LogP contribution in [0.25, 0.3) is 10.2 Å². The Morgan fingerprint density at radius 3 is 2.72 bits per heavy atom. The Bertz CT molecular complexity index is 933. The van der Waals surface area contributed by atoms with E-state index in [0.717, 1.165) is 20.1 Å². The molecule has 1 aromatic carbocycles. The van der Waals surface area contributed by atoms with Gasteiger partial charge in [0, 0.05) is 18.2 Å². The zero-order valence-corrected chi connectivity index (χ0v) is 16.2. The first-order chi connectivity index (χ1) is 11.8. The van der Waals surface area contributed by atoms with Crippen LogP contribution in [0.4, 0.5) is 8.78 Å². The van der Waals surface area contributed by atoms with Gasteiger partial charge in [-0.1, -0.05) is 19.9 Å². The third-order valence-corrected chi connectivity index (χ3v) is 5.38. The lowest BCUT2D eigenvalue weighted by molar-refractivity contribution is 0.0940. The zero-order valence-electron chi connectivity index (χ0n) is 13.8. The molecule has 0 radical (unpaired) electrons. The van der Waals surface area contributed by atoms with Crippen molar-refractivity contribution in [1.29, 1.82) is 0 Å². The first-order valence-corrected chi connectivity index (χ1v) is 9.47. The van der Waals surface area contributed by atoms with Gasteiger partial charge in [0.25, 0.3) is 5.91 Å². The number of rotatable bonds is 5. The van der Waals surface area contributed by atoms with Gasteiger partial charge in [-0.2, -0.15) is 0 Å². The Morgan fingerprint density at radius 2 is 2.04 bits per heavy atom. The van der Waals surface area contributed by atoms with E-state index >= 15 is 0 Å². The van der Waals surface area contributed by atoms with Crippen LogP contribution < -0.4 is 5.32 Å². The maximum absolute atomic E-state index is 14.1. The van der Waals surface area contributed by atoms with E-state index in [9.17, 15) is 13.6 Å². The van der Waals surface area contributed by atoms with Crippen molar-refractivity contribution in [3.8, 4) is 0 Å². The largest absolute Gasteiger partial charge is 0.351 e. The van der Waals surface area contributed by atoms with Crippen molar-refractivity contribution in [1.82, 2.24) is 9.88 Å². The minimum atomic E-state index is -0.621. The molecule has 0 bridgehead atoms. The molecule has 2 aromatic heterocycles. The third-order valence-electron chi connectivity index (χ3n) is 3.81. The molecule has 132 valence electrons. The predicted octanol–water partition coefficient (Wildman–Crippen LogP) is 5.18. The van der Waals surface area contributed by atoms with E-state index in [4.69, 9.17) is 0 Å². The number of nitrogens with zero attached hydrogens (tertiary/aromatic N) is 1. The quantitative estimate of drug-likeness (QED) is 0.599. The van der Waals surface area contributed by atoms with Crippen molar-refractivity contribution in [3.63, 3.8) is 0 Å². The number of nitrogens with one attached hydrogen (secondary N) is 1. The number of hydrogen-bond acceptors (Lipinski definition) is 2. The van der Waals surface area contributed by atoms with Crippen molar-refractivity contribution in [3.05, 3.63) is 57.0 Å². The number of aromatic nitrogens is 1. The Kier molecular flexibility index (Phi) is 5.24. The fourth-order valence-electron chi connectivity index (χ4n) is 2.58. The van der Waals surface area contributed by atoms with E-state index in [-0.39, 0.29) is 12.5 Å². The number of fused-ring (bicyclic) bond motifs is 1. The molecule has 3 rings (SSSR count). The summed E-state index contributed by atoms with van der Waals surface area (Å²) in [5.74, 6) is -1.11. The van der Waals surface area contributed by atoms with Crippen LogP contribution in [0.3, 0.4) is 0 Å². The van der Waals surface area contributed by atoms with Gasteiger partial charge in [0.1, 0.15) is 17.3 Å². The first-order valence-electron chi connectivity index (χ1n) is 7.86. The van der Waals surface area contributed by atoms with Gasteiger partial charge in [-0.15, -0.1) is 11.3 Å². The number of benzene rings is 1. The van der Waals surface area contributed by atoms with Gasteiger partial charge in [-0.25, -0.2) is 8.78 Å². The Balaban J connectivity index is 2.01. The molecule has 0 atom stereocenters. The minimum Gasteiger partial charge on any atom is -0.351 e. The second-order valence-corrected chi connectivity index (χ2v) is 8.72. The van der Waals surface area contributed by atoms with Crippen molar-refractivity contribution >= 4 is 43.4 Å². The van der Waals surface area contributed by atoms with Gasteiger partial charge < -0.3 is 9.88 Å². The lowest BCUT2D eigenvalue weighted by Gasteiger charge is -2.12. The Hall–Kier alpha value is -1.73. The normalized spacial score (nSPS) is 11.4. The molecule has 25 heavy (non-hydrogen) atoms. The second kappa shape index (κ2) is 7.25. The molecule has 2 heterocycles. The number of carbonyl (C=O) groups is 1. The predicted molar refractivity (Wildman–Crippen MR) is 100 cm³/mol. The number of thiophene rings is 1. The van der Waals surface area contributed by atoms with E-state index in [1.807, 2.05) is 26.0 Å². The van der Waals surface area contributed by atoms with Crippen molar-refractivity contribution in [2.75, 3.05) is 6.54 Å². The molecule has 1 N–H and O–H groups in total. The summed E-state index contributed by atoms with van der Waals surface area (Å²) in [7, 11) is 0. The number of hydrogen-bond donors (Lipinski definition) is 1. The standard InChI is InChI=1S/C18H17BrF2N2OS/c1-10(2)8-22-18(24)15-6-16-14(7-17(19)25-16)23(15)9-11-3-4-12(20)5-13(11)21/h3-7,10H,8-9H2,1-2H3,(H,22,24). The summed E-state index contributed by atoms with van der Waals surface area (Å²) < 4.78 is 30.9. The molecule has 0 aliphatic carbocycles. The highest BCUT2D eigenvalue weighted by molar-refractivity contribution is 9.11. The molecule has 0 saturated carbocycles. The summed E-state index contributed by atoms with van der Waals surface area (Å²) in [6.45, 7) is 4.75. The number of halogens is 3. The molecular weight excluding hydrogens is 410 g/mol.